The molecule has 0 amide bonds. The molecule has 1 aliphatic carbocycles. The number of aliphatic hydroxyl groups is 1. The predicted octanol–water partition coefficient (Wildman–Crippen LogP) is 3.74. The molecule has 8 nitrogen and oxygen atoms in total. The summed E-state index contributed by atoms with van der Waals surface area (Å²) in [5.41, 5.74) is 1.92. The van der Waals surface area contributed by atoms with Crippen LogP contribution in [0, 0.1) is 11.8 Å². The molecule has 0 aliphatic heterocycles. The maximum atomic E-state index is 12.4. The molecule has 1 aliphatic rings. The second-order valence-electron chi connectivity index (χ2n) is 11.0. The molecule has 0 radical (unpaired) electrons. The highest BCUT2D eigenvalue weighted by atomic mass is 32.2. The molecule has 0 bridgehead atoms. The lowest BCUT2D eigenvalue weighted by atomic mass is 9.71. The van der Waals surface area contributed by atoms with Gasteiger partial charge in [-0.25, -0.2) is 26.3 Å². The minimum absolute atomic E-state index is 0.0223. The lowest BCUT2D eigenvalue weighted by Gasteiger charge is -2.38. The van der Waals surface area contributed by atoms with Gasteiger partial charge in [0.2, 0.25) is 20.0 Å². The zero-order chi connectivity index (χ0) is 28.7. The van der Waals surface area contributed by atoms with Gasteiger partial charge in [0, 0.05) is 13.1 Å². The Balaban J connectivity index is 1.43. The highest BCUT2D eigenvalue weighted by molar-refractivity contribution is 7.90. The van der Waals surface area contributed by atoms with Crippen molar-refractivity contribution in [1.29, 1.82) is 0 Å². The van der Waals surface area contributed by atoms with Gasteiger partial charge in [-0.15, -0.1) is 0 Å². The van der Waals surface area contributed by atoms with Gasteiger partial charge in [-0.1, -0.05) is 43.3 Å². The molecule has 1 fully saturated rings. The molecule has 3 rings (SSSR count). The molecule has 218 valence electrons. The van der Waals surface area contributed by atoms with Gasteiger partial charge in [0.05, 0.1) is 23.7 Å². The summed E-state index contributed by atoms with van der Waals surface area (Å²) in [6.07, 6.45) is 3.92. The molecule has 10 heteroatoms. The van der Waals surface area contributed by atoms with Crippen molar-refractivity contribution >= 4 is 20.0 Å². The number of sulfonamides is 2. The maximum absolute atomic E-state index is 12.4. The Hall–Kier alpha value is -1.98. The van der Waals surface area contributed by atoms with E-state index in [4.69, 9.17) is 4.74 Å². The van der Waals surface area contributed by atoms with Crippen LogP contribution in [0.15, 0.2) is 48.5 Å². The lowest BCUT2D eigenvalue weighted by Crippen LogP contribution is -2.38. The van der Waals surface area contributed by atoms with Crippen molar-refractivity contribution in [2.45, 2.75) is 70.1 Å². The van der Waals surface area contributed by atoms with E-state index in [-0.39, 0.29) is 11.7 Å². The molecule has 0 spiro atoms. The summed E-state index contributed by atoms with van der Waals surface area (Å²) in [7, 11) is -5.07. The van der Waals surface area contributed by atoms with Gasteiger partial charge in [-0.05, 0) is 93.0 Å². The number of aryl methyl sites for hydroxylation is 1. The molecule has 2 aromatic carbocycles. The van der Waals surface area contributed by atoms with Crippen LogP contribution in [0.5, 0.6) is 5.75 Å². The average Bonchev–Trinajstić information content (AvgIpc) is 2.91. The Bertz CT molecular complexity index is 1250. The van der Waals surface area contributed by atoms with Crippen molar-refractivity contribution in [2.75, 3.05) is 26.0 Å². The molecule has 3 N–H and O–H groups in total. The topological polar surface area (TPSA) is 122 Å². The van der Waals surface area contributed by atoms with E-state index in [1.54, 1.807) is 21.0 Å². The monoisotopic (exact) mass is 580 g/mol. The molecule has 0 saturated heterocycles. The summed E-state index contributed by atoms with van der Waals surface area (Å²) in [5, 5.41) is 10.9. The molecule has 39 heavy (non-hydrogen) atoms. The second kappa shape index (κ2) is 13.6. The number of nitrogens with one attached hydrogen (secondary N) is 2. The van der Waals surface area contributed by atoms with Crippen LogP contribution in [0.1, 0.15) is 63.1 Å². The van der Waals surface area contributed by atoms with Crippen LogP contribution < -0.4 is 14.2 Å². The molecule has 1 atom stereocenters. The normalized spacial score (nSPS) is 21.1. The Kier molecular flexibility index (Phi) is 11.0. The molecule has 2 aromatic rings. The van der Waals surface area contributed by atoms with Crippen molar-refractivity contribution in [3.8, 4) is 5.75 Å². The van der Waals surface area contributed by atoms with Crippen LogP contribution in [0.2, 0.25) is 0 Å². The fourth-order valence-corrected chi connectivity index (χ4v) is 6.90. The van der Waals surface area contributed by atoms with E-state index in [9.17, 15) is 21.9 Å². The molecular formula is C29H44N2O6S2. The minimum atomic E-state index is -3.39. The van der Waals surface area contributed by atoms with Crippen LogP contribution in [0.3, 0.4) is 0 Å². The van der Waals surface area contributed by atoms with Crippen molar-refractivity contribution < 1.29 is 26.7 Å². The molecular weight excluding hydrogens is 536 g/mol. The first-order valence-corrected chi connectivity index (χ1v) is 16.9. The zero-order valence-corrected chi connectivity index (χ0v) is 25.2. The third-order valence-electron chi connectivity index (χ3n) is 7.93. The second-order valence-corrected chi connectivity index (χ2v) is 15.3. The zero-order valence-electron chi connectivity index (χ0n) is 23.5. The standard InChI is InChI=1S/C29H44N2O6S2/c1-22(2)39(35,36)31-21-23(3)26-13-17-29(32,18-14-26)27-9-5-24(6-10-27)15-19-30-38(33,34)20-16-25-7-11-28(37-4)12-8-25/h5-12,22-23,26,30-32H,13-21H2,1-4H3. The molecule has 0 aromatic heterocycles. The number of rotatable bonds is 14. The van der Waals surface area contributed by atoms with Gasteiger partial charge in [0.25, 0.3) is 0 Å². The quantitative estimate of drug-likeness (QED) is 0.313. The van der Waals surface area contributed by atoms with Gasteiger partial charge in [0.15, 0.2) is 0 Å². The van der Waals surface area contributed by atoms with E-state index in [1.807, 2.05) is 48.5 Å². The number of hydrogen-bond acceptors (Lipinski definition) is 6. The first kappa shape index (κ1) is 31.5. The SMILES string of the molecule is COc1ccc(CCS(=O)(=O)NCCc2ccc(C3(O)CCC(C(C)CNS(=O)(=O)C(C)C)CC3)cc2)cc1. The van der Waals surface area contributed by atoms with Crippen molar-refractivity contribution in [3.05, 3.63) is 65.2 Å². The Labute approximate surface area is 234 Å². The summed E-state index contributed by atoms with van der Waals surface area (Å²) in [4.78, 5) is 0. The molecule has 1 unspecified atom stereocenters. The highest BCUT2D eigenvalue weighted by Crippen LogP contribution is 2.41. The van der Waals surface area contributed by atoms with E-state index < -0.39 is 30.9 Å². The summed E-state index contributed by atoms with van der Waals surface area (Å²) in [6, 6.07) is 15.2. The van der Waals surface area contributed by atoms with Crippen LogP contribution in [-0.2, 0) is 38.5 Å². The molecule has 0 heterocycles. The fraction of sp³-hybridized carbons (Fsp3) is 0.586. The third kappa shape index (κ3) is 9.28. The highest BCUT2D eigenvalue weighted by Gasteiger charge is 2.36. The van der Waals surface area contributed by atoms with E-state index in [0.717, 1.165) is 35.3 Å². The number of hydrogen-bond donors (Lipinski definition) is 3. The third-order valence-corrected chi connectivity index (χ3v) is 11.1. The Morgan fingerprint density at radius 1 is 0.897 bits per heavy atom. The summed E-state index contributed by atoms with van der Waals surface area (Å²) < 4.78 is 59.5. The Morgan fingerprint density at radius 3 is 2.03 bits per heavy atom. The van der Waals surface area contributed by atoms with E-state index in [2.05, 4.69) is 16.4 Å². The van der Waals surface area contributed by atoms with E-state index >= 15 is 0 Å². The molecule has 1 saturated carbocycles. The van der Waals surface area contributed by atoms with Crippen LogP contribution in [-0.4, -0.2) is 53.1 Å². The summed E-state index contributed by atoms with van der Waals surface area (Å²) in [6.45, 7) is 6.14. The first-order chi connectivity index (χ1) is 18.3. The largest absolute Gasteiger partial charge is 0.497 e. The van der Waals surface area contributed by atoms with Crippen molar-refractivity contribution in [2.24, 2.45) is 11.8 Å². The minimum Gasteiger partial charge on any atom is -0.497 e. The van der Waals surface area contributed by atoms with Crippen molar-refractivity contribution in [3.63, 3.8) is 0 Å². The van der Waals surface area contributed by atoms with E-state index in [1.165, 1.54) is 0 Å². The lowest BCUT2D eigenvalue weighted by molar-refractivity contribution is -0.0207. The summed E-state index contributed by atoms with van der Waals surface area (Å²) >= 11 is 0. The van der Waals surface area contributed by atoms with Crippen molar-refractivity contribution in [1.82, 2.24) is 9.44 Å². The van der Waals surface area contributed by atoms with Crippen LogP contribution in [0.25, 0.3) is 0 Å². The first-order valence-electron chi connectivity index (χ1n) is 13.7. The van der Waals surface area contributed by atoms with Gasteiger partial charge in [-0.3, -0.25) is 0 Å². The average molecular weight is 581 g/mol. The van der Waals surface area contributed by atoms with E-state index in [0.29, 0.717) is 44.7 Å². The van der Waals surface area contributed by atoms with Gasteiger partial charge in [-0.2, -0.15) is 0 Å². The van der Waals surface area contributed by atoms with Crippen LogP contribution in [0.4, 0.5) is 0 Å². The van der Waals surface area contributed by atoms with Crippen LogP contribution >= 0.6 is 0 Å². The fourth-order valence-electron chi connectivity index (χ4n) is 5.01. The summed E-state index contributed by atoms with van der Waals surface area (Å²) in [5.74, 6) is 1.32. The smallest absolute Gasteiger partial charge is 0.213 e. The number of ether oxygens (including phenoxy) is 1. The van der Waals surface area contributed by atoms with Gasteiger partial charge >= 0.3 is 0 Å². The Morgan fingerprint density at radius 2 is 1.46 bits per heavy atom. The van der Waals surface area contributed by atoms with Gasteiger partial charge in [0.1, 0.15) is 5.75 Å². The number of methoxy groups -OCH3 is 1. The maximum Gasteiger partial charge on any atom is 0.213 e. The van der Waals surface area contributed by atoms with Gasteiger partial charge < -0.3 is 9.84 Å². The number of benzene rings is 2. The predicted molar refractivity (Wildman–Crippen MR) is 156 cm³/mol.